The van der Waals surface area contributed by atoms with Gasteiger partial charge in [0.05, 0.1) is 11.3 Å². The van der Waals surface area contributed by atoms with E-state index in [-0.39, 0.29) is 16.9 Å². The quantitative estimate of drug-likeness (QED) is 0.519. The number of nitrogens with one attached hydrogen (secondary N) is 1. The van der Waals surface area contributed by atoms with E-state index in [4.69, 9.17) is 15.9 Å². The minimum atomic E-state index is -0.509. The molecule has 0 unspecified atom stereocenters. The van der Waals surface area contributed by atoms with Crippen molar-refractivity contribution in [3.05, 3.63) is 23.3 Å². The summed E-state index contributed by atoms with van der Waals surface area (Å²) >= 11 is 0. The van der Waals surface area contributed by atoms with E-state index < -0.39 is 5.78 Å². The summed E-state index contributed by atoms with van der Waals surface area (Å²) in [6.45, 7) is 0. The summed E-state index contributed by atoms with van der Waals surface area (Å²) in [7, 11) is 0. The highest BCUT2D eigenvalue weighted by atomic mass is 16.1. The molecule has 0 aromatic heterocycles. The van der Waals surface area contributed by atoms with Crippen molar-refractivity contribution in [1.82, 2.24) is 0 Å². The maximum absolute atomic E-state index is 10.9. The standard InChI is InChI=1S/C8H3N3O/c9-3-5-6(4-10)8(12)2-1-7(5)11/h1-2,11H. The highest BCUT2D eigenvalue weighted by molar-refractivity contribution is 6.24. The third-order valence-corrected chi connectivity index (χ3v) is 1.39. The molecular formula is C8H3N3O. The SMILES string of the molecule is N#CC1=C(C#N)C(=O)C=CC1=N. The molecule has 56 valence electrons. The lowest BCUT2D eigenvalue weighted by Gasteiger charge is -2.02. The summed E-state index contributed by atoms with van der Waals surface area (Å²) < 4.78 is 0. The molecule has 0 saturated carbocycles. The third-order valence-electron chi connectivity index (χ3n) is 1.39. The molecule has 0 spiro atoms. The predicted octanol–water partition coefficient (Wildman–Crippen LogP) is 0.489. The lowest BCUT2D eigenvalue weighted by Crippen LogP contribution is -2.11. The molecule has 0 fully saturated rings. The van der Waals surface area contributed by atoms with E-state index >= 15 is 0 Å². The first kappa shape index (κ1) is 7.90. The fourth-order valence-electron chi connectivity index (χ4n) is 0.811. The molecule has 0 bridgehead atoms. The molecule has 1 aliphatic rings. The third kappa shape index (κ3) is 1.02. The fourth-order valence-corrected chi connectivity index (χ4v) is 0.811. The first-order valence-corrected chi connectivity index (χ1v) is 3.06. The van der Waals surface area contributed by atoms with Crippen molar-refractivity contribution in [2.24, 2.45) is 0 Å². The first-order chi connectivity index (χ1) is 5.70. The second-order valence-electron chi connectivity index (χ2n) is 2.08. The average molecular weight is 157 g/mol. The Morgan fingerprint density at radius 3 is 2.17 bits per heavy atom. The van der Waals surface area contributed by atoms with Gasteiger partial charge in [-0.05, 0) is 12.2 Å². The van der Waals surface area contributed by atoms with Crippen LogP contribution in [0.1, 0.15) is 0 Å². The normalized spacial score (nSPS) is 15.8. The van der Waals surface area contributed by atoms with Crippen LogP contribution in [0.5, 0.6) is 0 Å². The van der Waals surface area contributed by atoms with Crippen molar-refractivity contribution in [1.29, 1.82) is 15.9 Å². The Morgan fingerprint density at radius 2 is 1.75 bits per heavy atom. The van der Waals surface area contributed by atoms with Crippen LogP contribution in [0.2, 0.25) is 0 Å². The largest absolute Gasteiger partial charge is 0.299 e. The highest BCUT2D eigenvalue weighted by Gasteiger charge is 2.19. The summed E-state index contributed by atoms with van der Waals surface area (Å²) in [4.78, 5) is 10.9. The number of allylic oxidation sites excluding steroid dienone is 4. The Balaban J connectivity index is 3.35. The maximum Gasteiger partial charge on any atom is 0.197 e. The van der Waals surface area contributed by atoms with Gasteiger partial charge in [0, 0.05) is 0 Å². The van der Waals surface area contributed by atoms with Crippen LogP contribution in [-0.4, -0.2) is 11.5 Å². The monoisotopic (exact) mass is 157 g/mol. The molecule has 0 aromatic carbocycles. The highest BCUT2D eigenvalue weighted by Crippen LogP contribution is 2.12. The van der Waals surface area contributed by atoms with E-state index in [1.165, 1.54) is 6.08 Å². The average Bonchev–Trinajstić information content (AvgIpc) is 2.08. The topological polar surface area (TPSA) is 88.5 Å². The van der Waals surface area contributed by atoms with Crippen molar-refractivity contribution < 1.29 is 4.79 Å². The lowest BCUT2D eigenvalue weighted by molar-refractivity contribution is -0.111. The van der Waals surface area contributed by atoms with Crippen LogP contribution < -0.4 is 0 Å². The molecule has 4 heteroatoms. The molecule has 0 aromatic rings. The van der Waals surface area contributed by atoms with Crippen molar-refractivity contribution >= 4 is 11.5 Å². The minimum absolute atomic E-state index is 0.0892. The number of carbonyl (C=O) groups is 1. The first-order valence-electron chi connectivity index (χ1n) is 3.06. The van der Waals surface area contributed by atoms with E-state index in [2.05, 4.69) is 0 Å². The van der Waals surface area contributed by atoms with Crippen LogP contribution in [0.15, 0.2) is 23.3 Å². The van der Waals surface area contributed by atoms with Crippen LogP contribution >= 0.6 is 0 Å². The molecule has 0 heterocycles. The summed E-state index contributed by atoms with van der Waals surface area (Å²) in [6, 6.07) is 3.25. The van der Waals surface area contributed by atoms with E-state index in [1.807, 2.05) is 0 Å². The van der Waals surface area contributed by atoms with Crippen molar-refractivity contribution in [3.8, 4) is 12.1 Å². The summed E-state index contributed by atoms with van der Waals surface area (Å²) in [5, 5.41) is 24.2. The molecule has 12 heavy (non-hydrogen) atoms. The van der Waals surface area contributed by atoms with Crippen molar-refractivity contribution in [2.45, 2.75) is 0 Å². The number of nitrogens with zero attached hydrogens (tertiary/aromatic N) is 2. The van der Waals surface area contributed by atoms with Gasteiger partial charge in [0.25, 0.3) is 0 Å². The second kappa shape index (κ2) is 2.81. The van der Waals surface area contributed by atoms with Crippen LogP contribution in [0.4, 0.5) is 0 Å². The molecule has 0 saturated heterocycles. The Hall–Kier alpha value is -2.20. The zero-order valence-corrected chi connectivity index (χ0v) is 5.96. The summed E-state index contributed by atoms with van der Waals surface area (Å²) in [5.74, 6) is -0.509. The Morgan fingerprint density at radius 1 is 1.17 bits per heavy atom. The number of hydrogen-bond acceptors (Lipinski definition) is 4. The molecule has 0 atom stereocenters. The zero-order chi connectivity index (χ0) is 9.14. The maximum atomic E-state index is 10.9. The van der Waals surface area contributed by atoms with Gasteiger partial charge in [-0.15, -0.1) is 0 Å². The van der Waals surface area contributed by atoms with Gasteiger partial charge in [0.1, 0.15) is 17.7 Å². The second-order valence-corrected chi connectivity index (χ2v) is 2.08. The predicted molar refractivity (Wildman–Crippen MR) is 40.1 cm³/mol. The van der Waals surface area contributed by atoms with Crippen LogP contribution in [0.3, 0.4) is 0 Å². The van der Waals surface area contributed by atoms with Crippen molar-refractivity contribution in [2.75, 3.05) is 0 Å². The van der Waals surface area contributed by atoms with Gasteiger partial charge in [-0.1, -0.05) is 0 Å². The molecule has 4 nitrogen and oxygen atoms in total. The summed E-state index contributed by atoms with van der Waals surface area (Å²) in [6.07, 6.45) is 2.32. The number of hydrogen-bond donors (Lipinski definition) is 1. The Kier molecular flexibility index (Phi) is 1.85. The van der Waals surface area contributed by atoms with Gasteiger partial charge in [0.2, 0.25) is 0 Å². The Bertz CT molecular complexity index is 363. The smallest absolute Gasteiger partial charge is 0.197 e. The molecular weight excluding hydrogens is 154 g/mol. The molecule has 0 aliphatic heterocycles. The van der Waals surface area contributed by atoms with E-state index in [0.29, 0.717) is 0 Å². The molecule has 0 amide bonds. The molecule has 1 N–H and O–H groups in total. The number of carbonyl (C=O) groups excluding carboxylic acids is 1. The van der Waals surface area contributed by atoms with Gasteiger partial charge in [-0.3, -0.25) is 10.2 Å². The zero-order valence-electron chi connectivity index (χ0n) is 5.96. The number of nitriles is 2. The minimum Gasteiger partial charge on any atom is -0.299 e. The molecule has 1 aliphatic carbocycles. The van der Waals surface area contributed by atoms with E-state index in [0.717, 1.165) is 6.08 Å². The van der Waals surface area contributed by atoms with E-state index in [1.54, 1.807) is 12.1 Å². The van der Waals surface area contributed by atoms with E-state index in [9.17, 15) is 4.79 Å². The van der Waals surface area contributed by atoms with Gasteiger partial charge in [0.15, 0.2) is 5.78 Å². The van der Waals surface area contributed by atoms with Crippen LogP contribution in [0.25, 0.3) is 0 Å². The van der Waals surface area contributed by atoms with Gasteiger partial charge in [-0.25, -0.2) is 0 Å². The molecule has 0 radical (unpaired) electrons. The summed E-state index contributed by atoms with van der Waals surface area (Å²) in [5.41, 5.74) is -0.483. The number of rotatable bonds is 0. The fraction of sp³-hybridized carbons (Fsp3) is 0. The van der Waals surface area contributed by atoms with Crippen LogP contribution in [0, 0.1) is 28.1 Å². The van der Waals surface area contributed by atoms with Crippen molar-refractivity contribution in [3.63, 3.8) is 0 Å². The van der Waals surface area contributed by atoms with Gasteiger partial charge in [-0.2, -0.15) is 10.5 Å². The molecule has 1 rings (SSSR count). The number of ketones is 1. The van der Waals surface area contributed by atoms with Gasteiger partial charge >= 0.3 is 0 Å². The lowest BCUT2D eigenvalue weighted by atomic mass is 9.96. The van der Waals surface area contributed by atoms with Gasteiger partial charge < -0.3 is 0 Å². The Labute approximate surface area is 68.5 Å². The van der Waals surface area contributed by atoms with Crippen LogP contribution in [-0.2, 0) is 4.79 Å².